The number of methoxy groups -OCH3 is 1. The monoisotopic (exact) mass is 501 g/mol. The third-order valence-electron chi connectivity index (χ3n) is 8.33. The van der Waals surface area contributed by atoms with Crippen molar-refractivity contribution in [2.24, 2.45) is 5.92 Å². The lowest BCUT2D eigenvalue weighted by Gasteiger charge is -2.42. The Balaban J connectivity index is 1.16. The van der Waals surface area contributed by atoms with E-state index in [1.807, 2.05) is 12.3 Å². The van der Waals surface area contributed by atoms with Crippen LogP contribution in [-0.4, -0.2) is 80.2 Å². The van der Waals surface area contributed by atoms with Crippen molar-refractivity contribution in [3.8, 4) is 17.1 Å². The molecule has 1 N–H and O–H groups in total. The van der Waals surface area contributed by atoms with Crippen molar-refractivity contribution in [2.45, 2.75) is 58.4 Å². The summed E-state index contributed by atoms with van der Waals surface area (Å²) in [6, 6.07) is 7.43. The maximum atomic E-state index is 5.55. The number of pyridine rings is 1. The van der Waals surface area contributed by atoms with Crippen LogP contribution in [0.4, 0.5) is 0 Å². The van der Waals surface area contributed by atoms with Crippen LogP contribution < -0.4 is 4.74 Å². The van der Waals surface area contributed by atoms with Crippen LogP contribution in [0, 0.1) is 12.8 Å². The second-order valence-corrected chi connectivity index (χ2v) is 11.4. The molecule has 1 aromatic carbocycles. The summed E-state index contributed by atoms with van der Waals surface area (Å²) in [5.74, 6) is 2.88. The van der Waals surface area contributed by atoms with Crippen molar-refractivity contribution in [3.63, 3.8) is 0 Å². The zero-order valence-corrected chi connectivity index (χ0v) is 22.6. The molecule has 2 fully saturated rings. The van der Waals surface area contributed by atoms with Crippen LogP contribution in [0.3, 0.4) is 0 Å². The summed E-state index contributed by atoms with van der Waals surface area (Å²) >= 11 is 0. The van der Waals surface area contributed by atoms with E-state index in [1.54, 1.807) is 11.6 Å². The lowest BCUT2D eigenvalue weighted by molar-refractivity contribution is 0.0828. The molecule has 0 amide bonds. The van der Waals surface area contributed by atoms with Gasteiger partial charge in [0.15, 0.2) is 11.4 Å². The van der Waals surface area contributed by atoms with E-state index >= 15 is 0 Å². The number of ether oxygens (including phenoxy) is 1. The number of nitrogens with one attached hydrogen (secondary N) is 1. The number of aromatic nitrogens is 5. The van der Waals surface area contributed by atoms with Crippen LogP contribution in [0.2, 0.25) is 0 Å². The first-order valence-corrected chi connectivity index (χ1v) is 13.8. The van der Waals surface area contributed by atoms with Gasteiger partial charge in [-0.25, -0.2) is 14.5 Å². The number of aromatic amines is 1. The first kappa shape index (κ1) is 24.4. The standard InChI is InChI=1S/C29H39N7O/c1-19(2)16-34-9-7-24(8-10-34)35-11-5-21(6-12-35)22-13-20(3)27-25(14-22)32-28(33-27)23-15-26(37-4)29-30-18-31-36(29)17-23/h13-15,17-19,21,24H,5-12,16H2,1-4H3,(H,32,33). The minimum Gasteiger partial charge on any atom is -0.493 e. The van der Waals surface area contributed by atoms with Crippen molar-refractivity contribution in [2.75, 3.05) is 39.8 Å². The summed E-state index contributed by atoms with van der Waals surface area (Å²) in [4.78, 5) is 18.2. The van der Waals surface area contributed by atoms with Crippen LogP contribution >= 0.6 is 0 Å². The SMILES string of the molecule is COc1cc(-c2nc3c(C)cc(C4CCN(C5CCN(CC(C)C)CC5)CC4)cc3[nH]2)cn2ncnc12. The second kappa shape index (κ2) is 10.1. The average molecular weight is 502 g/mol. The molecule has 6 rings (SSSR count). The van der Waals surface area contributed by atoms with Gasteiger partial charge in [0.1, 0.15) is 12.2 Å². The van der Waals surface area contributed by atoms with Crippen molar-refractivity contribution < 1.29 is 4.74 Å². The van der Waals surface area contributed by atoms with Gasteiger partial charge in [0.25, 0.3) is 0 Å². The molecule has 8 heteroatoms. The van der Waals surface area contributed by atoms with Gasteiger partial charge in [-0.3, -0.25) is 0 Å². The minimum atomic E-state index is 0.610. The quantitative estimate of drug-likeness (QED) is 0.406. The van der Waals surface area contributed by atoms with Gasteiger partial charge in [-0.05, 0) is 93.9 Å². The number of rotatable bonds is 6. The van der Waals surface area contributed by atoms with E-state index in [9.17, 15) is 0 Å². The molecule has 3 aromatic heterocycles. The summed E-state index contributed by atoms with van der Waals surface area (Å²) in [6.45, 7) is 13.0. The molecule has 2 aliphatic rings. The van der Waals surface area contributed by atoms with E-state index in [1.165, 1.54) is 75.9 Å². The average Bonchev–Trinajstić information content (AvgIpc) is 3.56. The summed E-state index contributed by atoms with van der Waals surface area (Å²) < 4.78 is 7.28. The molecular formula is C29H39N7O. The fraction of sp³-hybridized carbons (Fsp3) is 0.552. The Kier molecular flexibility index (Phi) is 6.63. The molecule has 0 spiro atoms. The third-order valence-corrected chi connectivity index (χ3v) is 8.33. The fourth-order valence-corrected chi connectivity index (χ4v) is 6.45. The second-order valence-electron chi connectivity index (χ2n) is 11.4. The molecule has 0 bridgehead atoms. The van der Waals surface area contributed by atoms with Crippen LogP contribution in [0.15, 0.2) is 30.7 Å². The summed E-state index contributed by atoms with van der Waals surface area (Å²) in [5.41, 5.74) is 6.43. The Morgan fingerprint density at radius 1 is 1.05 bits per heavy atom. The predicted octanol–water partition coefficient (Wildman–Crippen LogP) is 4.89. The Hall–Kier alpha value is -2.97. The highest BCUT2D eigenvalue weighted by Crippen LogP contribution is 2.34. The van der Waals surface area contributed by atoms with Crippen molar-refractivity contribution in [1.82, 2.24) is 34.4 Å². The van der Waals surface area contributed by atoms with E-state index < -0.39 is 0 Å². The summed E-state index contributed by atoms with van der Waals surface area (Å²) in [6.07, 6.45) is 8.60. The molecule has 0 aliphatic carbocycles. The van der Waals surface area contributed by atoms with Crippen LogP contribution in [0.25, 0.3) is 28.1 Å². The van der Waals surface area contributed by atoms with Crippen LogP contribution in [0.1, 0.15) is 56.6 Å². The van der Waals surface area contributed by atoms with E-state index in [-0.39, 0.29) is 0 Å². The zero-order chi connectivity index (χ0) is 25.5. The van der Waals surface area contributed by atoms with Gasteiger partial charge in [-0.15, -0.1) is 0 Å². The molecule has 8 nitrogen and oxygen atoms in total. The largest absolute Gasteiger partial charge is 0.493 e. The zero-order valence-electron chi connectivity index (χ0n) is 22.6. The number of hydrogen-bond donors (Lipinski definition) is 1. The van der Waals surface area contributed by atoms with Gasteiger partial charge >= 0.3 is 0 Å². The molecule has 37 heavy (non-hydrogen) atoms. The van der Waals surface area contributed by atoms with E-state index in [4.69, 9.17) is 9.72 Å². The van der Waals surface area contributed by atoms with E-state index in [2.05, 4.69) is 57.8 Å². The number of likely N-dealkylation sites (tertiary alicyclic amines) is 2. The number of benzene rings is 1. The molecule has 5 heterocycles. The third kappa shape index (κ3) is 4.84. The van der Waals surface area contributed by atoms with Gasteiger partial charge in [-0.1, -0.05) is 19.9 Å². The molecule has 0 saturated carbocycles. The maximum Gasteiger partial charge on any atom is 0.197 e. The fourth-order valence-electron chi connectivity index (χ4n) is 6.45. The van der Waals surface area contributed by atoms with Gasteiger partial charge in [0.2, 0.25) is 0 Å². The highest BCUT2D eigenvalue weighted by Gasteiger charge is 2.29. The Morgan fingerprint density at radius 3 is 2.57 bits per heavy atom. The number of nitrogens with zero attached hydrogens (tertiary/aromatic N) is 6. The minimum absolute atomic E-state index is 0.610. The number of imidazole rings is 1. The van der Waals surface area contributed by atoms with Crippen molar-refractivity contribution >= 4 is 16.7 Å². The molecule has 0 atom stereocenters. The first-order chi connectivity index (χ1) is 18.0. The highest BCUT2D eigenvalue weighted by molar-refractivity contribution is 5.83. The van der Waals surface area contributed by atoms with E-state index in [0.29, 0.717) is 17.3 Å². The number of hydrogen-bond acceptors (Lipinski definition) is 6. The molecule has 4 aromatic rings. The van der Waals surface area contributed by atoms with Crippen LogP contribution in [-0.2, 0) is 0 Å². The summed E-state index contributed by atoms with van der Waals surface area (Å²) in [7, 11) is 1.66. The number of aryl methyl sites for hydroxylation is 1. The molecule has 196 valence electrons. The first-order valence-electron chi connectivity index (χ1n) is 13.8. The topological polar surface area (TPSA) is 74.6 Å². The summed E-state index contributed by atoms with van der Waals surface area (Å²) in [5, 5.41) is 4.29. The number of fused-ring (bicyclic) bond motifs is 2. The van der Waals surface area contributed by atoms with Gasteiger partial charge < -0.3 is 19.5 Å². The van der Waals surface area contributed by atoms with Crippen molar-refractivity contribution in [3.05, 3.63) is 41.9 Å². The maximum absolute atomic E-state index is 5.55. The normalized spacial score (nSPS) is 18.9. The molecular weight excluding hydrogens is 462 g/mol. The molecule has 0 radical (unpaired) electrons. The van der Waals surface area contributed by atoms with Gasteiger partial charge in [-0.2, -0.15) is 5.10 Å². The predicted molar refractivity (Wildman–Crippen MR) is 147 cm³/mol. The Labute approximate surface area is 219 Å². The lowest BCUT2D eigenvalue weighted by atomic mass is 9.87. The Morgan fingerprint density at radius 2 is 1.84 bits per heavy atom. The number of piperidine rings is 2. The highest BCUT2D eigenvalue weighted by atomic mass is 16.5. The lowest BCUT2D eigenvalue weighted by Crippen LogP contribution is -2.48. The Bertz CT molecular complexity index is 1370. The van der Waals surface area contributed by atoms with E-state index in [0.717, 1.165) is 34.4 Å². The van der Waals surface area contributed by atoms with Gasteiger partial charge in [0.05, 0.1) is 18.1 Å². The molecule has 0 unspecified atom stereocenters. The van der Waals surface area contributed by atoms with Gasteiger partial charge in [0, 0.05) is 24.3 Å². The molecule has 2 saturated heterocycles. The number of H-pyrrole nitrogens is 1. The van der Waals surface area contributed by atoms with Crippen molar-refractivity contribution in [1.29, 1.82) is 0 Å². The smallest absolute Gasteiger partial charge is 0.197 e. The molecule has 2 aliphatic heterocycles. The van der Waals surface area contributed by atoms with Crippen LogP contribution in [0.5, 0.6) is 5.75 Å².